The second-order valence-corrected chi connectivity index (χ2v) is 8.23. The number of aliphatic imine (C=N–C) groups is 1. The Labute approximate surface area is 166 Å². The summed E-state index contributed by atoms with van der Waals surface area (Å²) < 4.78 is 33.0. The number of nitrogens with zero attached hydrogens (tertiary/aromatic N) is 1. The molecular weight excluding hydrogens is 402 g/mol. The Morgan fingerprint density at radius 2 is 1.75 bits per heavy atom. The molecule has 1 aliphatic heterocycles. The van der Waals surface area contributed by atoms with Gasteiger partial charge in [0.05, 0.1) is 29.7 Å². The van der Waals surface area contributed by atoms with Crippen molar-refractivity contribution in [2.24, 2.45) is 10.1 Å². The van der Waals surface area contributed by atoms with E-state index in [0.717, 1.165) is 5.56 Å². The molecule has 2 aromatic rings. The number of hydrogen-bond acceptors (Lipinski definition) is 7. The molecule has 1 heterocycles. The standard InChI is InChI=1S/C18H17N3O5S2/c1-25-14-8-3-11(9-15(14)26-2)10-16-17(22)21-18(27-16)20-12-4-6-13(7-5-12)28(19,23)24/h3-10H,1-2H3,(H2,19,23,24)(H,20,21,22)/b16-10-. The second-order valence-electron chi connectivity index (χ2n) is 5.64. The van der Waals surface area contributed by atoms with E-state index >= 15 is 0 Å². The summed E-state index contributed by atoms with van der Waals surface area (Å²) in [6.07, 6.45) is 1.72. The maximum Gasteiger partial charge on any atom is 0.264 e. The van der Waals surface area contributed by atoms with Crippen molar-refractivity contribution in [3.63, 3.8) is 0 Å². The number of rotatable bonds is 5. The summed E-state index contributed by atoms with van der Waals surface area (Å²) in [4.78, 5) is 17.0. The molecule has 0 atom stereocenters. The molecule has 28 heavy (non-hydrogen) atoms. The molecule has 0 aliphatic carbocycles. The lowest BCUT2D eigenvalue weighted by atomic mass is 10.2. The highest BCUT2D eigenvalue weighted by atomic mass is 32.2. The van der Waals surface area contributed by atoms with Crippen molar-refractivity contribution < 1.29 is 22.7 Å². The Hall–Kier alpha value is -2.82. The number of hydrogen-bond donors (Lipinski definition) is 2. The molecule has 1 saturated heterocycles. The summed E-state index contributed by atoms with van der Waals surface area (Å²) in [6.45, 7) is 0. The van der Waals surface area contributed by atoms with Crippen molar-refractivity contribution in [1.82, 2.24) is 5.32 Å². The first kappa shape index (κ1) is 19.9. The van der Waals surface area contributed by atoms with Gasteiger partial charge in [-0.3, -0.25) is 4.79 Å². The molecule has 0 radical (unpaired) electrons. The van der Waals surface area contributed by atoms with Crippen molar-refractivity contribution in [2.75, 3.05) is 14.2 Å². The van der Waals surface area contributed by atoms with Gasteiger partial charge in [0.2, 0.25) is 10.0 Å². The van der Waals surface area contributed by atoms with Crippen molar-refractivity contribution in [2.45, 2.75) is 4.90 Å². The zero-order valence-electron chi connectivity index (χ0n) is 15.0. The van der Waals surface area contributed by atoms with E-state index in [9.17, 15) is 13.2 Å². The van der Waals surface area contributed by atoms with E-state index in [1.54, 1.807) is 25.3 Å². The normalized spacial score (nSPS) is 17.0. The minimum atomic E-state index is -3.76. The molecule has 0 aromatic heterocycles. The number of amides is 1. The van der Waals surface area contributed by atoms with Crippen molar-refractivity contribution in [1.29, 1.82) is 0 Å². The molecule has 3 N–H and O–H groups in total. The number of nitrogens with one attached hydrogen (secondary N) is 1. The lowest BCUT2D eigenvalue weighted by Crippen LogP contribution is -2.19. The Kier molecular flexibility index (Phi) is 5.73. The van der Waals surface area contributed by atoms with Gasteiger partial charge < -0.3 is 14.8 Å². The smallest absolute Gasteiger partial charge is 0.264 e. The van der Waals surface area contributed by atoms with Crippen LogP contribution in [0.25, 0.3) is 6.08 Å². The zero-order chi connectivity index (χ0) is 20.3. The average Bonchev–Trinajstić information content (AvgIpc) is 3.00. The van der Waals surface area contributed by atoms with Crippen LogP contribution < -0.4 is 19.9 Å². The minimum absolute atomic E-state index is 0.00593. The van der Waals surface area contributed by atoms with Crippen LogP contribution in [0.1, 0.15) is 5.56 Å². The maximum atomic E-state index is 12.2. The second kappa shape index (κ2) is 8.05. The fourth-order valence-corrected chi connectivity index (χ4v) is 3.76. The molecule has 0 unspecified atom stereocenters. The molecule has 0 bridgehead atoms. The minimum Gasteiger partial charge on any atom is -0.493 e. The topological polar surface area (TPSA) is 120 Å². The van der Waals surface area contributed by atoms with Gasteiger partial charge in [-0.1, -0.05) is 6.07 Å². The van der Waals surface area contributed by atoms with E-state index in [4.69, 9.17) is 14.6 Å². The maximum absolute atomic E-state index is 12.2. The zero-order valence-corrected chi connectivity index (χ0v) is 16.6. The fourth-order valence-electron chi connectivity index (χ4n) is 2.40. The Morgan fingerprint density at radius 3 is 2.36 bits per heavy atom. The molecule has 10 heteroatoms. The summed E-state index contributed by atoms with van der Waals surface area (Å²) in [5, 5.41) is 8.13. The van der Waals surface area contributed by atoms with Gasteiger partial charge in [-0.05, 0) is 59.8 Å². The van der Waals surface area contributed by atoms with Gasteiger partial charge in [0.25, 0.3) is 5.91 Å². The molecule has 1 fully saturated rings. The third-order valence-corrected chi connectivity index (χ3v) is 5.59. The number of benzene rings is 2. The number of thioether (sulfide) groups is 1. The van der Waals surface area contributed by atoms with Gasteiger partial charge in [0.15, 0.2) is 16.7 Å². The monoisotopic (exact) mass is 419 g/mol. The van der Waals surface area contributed by atoms with Crippen LogP contribution in [0.3, 0.4) is 0 Å². The number of carbonyl (C=O) groups is 1. The van der Waals surface area contributed by atoms with Gasteiger partial charge in [-0.15, -0.1) is 0 Å². The average molecular weight is 419 g/mol. The van der Waals surface area contributed by atoms with Crippen LogP contribution >= 0.6 is 11.8 Å². The first-order valence-electron chi connectivity index (χ1n) is 7.94. The first-order chi connectivity index (χ1) is 13.3. The highest BCUT2D eigenvalue weighted by Gasteiger charge is 2.24. The van der Waals surface area contributed by atoms with E-state index in [1.165, 1.54) is 43.1 Å². The SMILES string of the molecule is COc1ccc(/C=C2\SC(=Nc3ccc(S(N)(=O)=O)cc3)NC2=O)cc1OC. The number of sulfonamides is 1. The van der Waals surface area contributed by atoms with E-state index in [2.05, 4.69) is 10.3 Å². The van der Waals surface area contributed by atoms with Gasteiger partial charge in [-0.25, -0.2) is 18.5 Å². The third kappa shape index (κ3) is 4.53. The number of amidine groups is 1. The molecular formula is C18H17N3O5S2. The molecule has 1 aliphatic rings. The molecule has 0 saturated carbocycles. The van der Waals surface area contributed by atoms with Gasteiger partial charge in [0.1, 0.15) is 0 Å². The van der Waals surface area contributed by atoms with Crippen LogP contribution in [-0.4, -0.2) is 33.7 Å². The summed E-state index contributed by atoms with van der Waals surface area (Å²) in [6, 6.07) is 11.1. The Balaban J connectivity index is 1.81. The third-order valence-electron chi connectivity index (χ3n) is 3.75. The molecule has 146 valence electrons. The molecule has 2 aromatic carbocycles. The van der Waals surface area contributed by atoms with E-state index in [-0.39, 0.29) is 10.8 Å². The van der Waals surface area contributed by atoms with Gasteiger partial charge in [0, 0.05) is 0 Å². The Morgan fingerprint density at radius 1 is 1.07 bits per heavy atom. The lowest BCUT2D eigenvalue weighted by molar-refractivity contribution is -0.115. The molecule has 3 rings (SSSR count). The molecule has 0 spiro atoms. The number of ether oxygens (including phenoxy) is 2. The molecule has 1 amide bonds. The number of nitrogens with two attached hydrogens (primary N) is 1. The fraction of sp³-hybridized carbons (Fsp3) is 0.111. The van der Waals surface area contributed by atoms with Crippen LogP contribution in [0, 0.1) is 0 Å². The van der Waals surface area contributed by atoms with Crippen molar-refractivity contribution in [3.05, 3.63) is 52.9 Å². The van der Waals surface area contributed by atoms with Crippen LogP contribution in [0.2, 0.25) is 0 Å². The summed E-state index contributed by atoms with van der Waals surface area (Å²) in [5.74, 6) is 0.877. The number of primary sulfonamides is 1. The van der Waals surface area contributed by atoms with E-state index in [0.29, 0.717) is 27.3 Å². The lowest BCUT2D eigenvalue weighted by Gasteiger charge is -2.07. The molecule has 8 nitrogen and oxygen atoms in total. The largest absolute Gasteiger partial charge is 0.493 e. The number of carbonyl (C=O) groups excluding carboxylic acids is 1. The van der Waals surface area contributed by atoms with Gasteiger partial charge in [-0.2, -0.15) is 0 Å². The van der Waals surface area contributed by atoms with E-state index in [1.807, 2.05) is 6.07 Å². The van der Waals surface area contributed by atoms with Crippen LogP contribution in [0.15, 0.2) is 57.3 Å². The van der Waals surface area contributed by atoms with Crippen molar-refractivity contribution >= 4 is 44.6 Å². The highest BCUT2D eigenvalue weighted by Crippen LogP contribution is 2.32. The summed E-state index contributed by atoms with van der Waals surface area (Å²) in [5.41, 5.74) is 1.26. The highest BCUT2D eigenvalue weighted by molar-refractivity contribution is 8.18. The van der Waals surface area contributed by atoms with Crippen LogP contribution in [0.5, 0.6) is 11.5 Å². The Bertz CT molecular complexity index is 1080. The quantitative estimate of drug-likeness (QED) is 0.717. The predicted molar refractivity (Wildman–Crippen MR) is 108 cm³/mol. The predicted octanol–water partition coefficient (Wildman–Crippen LogP) is 2.24. The van der Waals surface area contributed by atoms with E-state index < -0.39 is 10.0 Å². The summed E-state index contributed by atoms with van der Waals surface area (Å²) >= 11 is 1.18. The first-order valence-corrected chi connectivity index (χ1v) is 10.3. The number of methoxy groups -OCH3 is 2. The van der Waals surface area contributed by atoms with Crippen LogP contribution in [-0.2, 0) is 14.8 Å². The summed E-state index contributed by atoms with van der Waals surface area (Å²) in [7, 11) is -0.672. The van der Waals surface area contributed by atoms with Crippen molar-refractivity contribution in [3.8, 4) is 11.5 Å². The van der Waals surface area contributed by atoms with Crippen LogP contribution in [0.4, 0.5) is 5.69 Å². The van der Waals surface area contributed by atoms with Gasteiger partial charge >= 0.3 is 0 Å².